The van der Waals surface area contributed by atoms with Gasteiger partial charge in [0.1, 0.15) is 24.7 Å². The standard InChI is InChI=1S/C15H15FN2O3/c16-12-4-3-5-13(10-12)21-9-7-17-14(19)11-18-8-2-1-6-15(18)20/h1-6,8,10H,7,9,11H2,(H,17,19). The Morgan fingerprint density at radius 3 is 2.86 bits per heavy atom. The Labute approximate surface area is 121 Å². The lowest BCUT2D eigenvalue weighted by atomic mass is 10.3. The summed E-state index contributed by atoms with van der Waals surface area (Å²) in [6.07, 6.45) is 1.55. The number of halogens is 1. The van der Waals surface area contributed by atoms with Crippen molar-refractivity contribution in [2.45, 2.75) is 6.54 Å². The van der Waals surface area contributed by atoms with E-state index < -0.39 is 0 Å². The summed E-state index contributed by atoms with van der Waals surface area (Å²) < 4.78 is 19.5. The zero-order chi connectivity index (χ0) is 15.1. The molecule has 0 fully saturated rings. The monoisotopic (exact) mass is 290 g/mol. The number of hydrogen-bond acceptors (Lipinski definition) is 3. The third kappa shape index (κ3) is 4.76. The van der Waals surface area contributed by atoms with Gasteiger partial charge in [-0.2, -0.15) is 0 Å². The summed E-state index contributed by atoms with van der Waals surface area (Å²) in [6, 6.07) is 10.5. The van der Waals surface area contributed by atoms with Crippen molar-refractivity contribution < 1.29 is 13.9 Å². The highest BCUT2D eigenvalue weighted by Crippen LogP contribution is 2.11. The van der Waals surface area contributed by atoms with Gasteiger partial charge in [0.25, 0.3) is 5.56 Å². The first-order chi connectivity index (χ1) is 10.1. The molecular weight excluding hydrogens is 275 g/mol. The molecule has 1 N–H and O–H groups in total. The summed E-state index contributed by atoms with van der Waals surface area (Å²) in [6.45, 7) is 0.454. The number of rotatable bonds is 6. The van der Waals surface area contributed by atoms with Crippen LogP contribution in [-0.2, 0) is 11.3 Å². The van der Waals surface area contributed by atoms with Crippen molar-refractivity contribution in [1.29, 1.82) is 0 Å². The van der Waals surface area contributed by atoms with E-state index in [1.807, 2.05) is 0 Å². The highest BCUT2D eigenvalue weighted by Gasteiger charge is 2.03. The Hall–Kier alpha value is -2.63. The molecule has 6 heteroatoms. The van der Waals surface area contributed by atoms with Crippen molar-refractivity contribution in [1.82, 2.24) is 9.88 Å². The van der Waals surface area contributed by atoms with Crippen LogP contribution >= 0.6 is 0 Å². The number of hydrogen-bond donors (Lipinski definition) is 1. The van der Waals surface area contributed by atoms with Crippen molar-refractivity contribution in [3.05, 3.63) is 64.8 Å². The van der Waals surface area contributed by atoms with Crippen LogP contribution in [0.5, 0.6) is 5.75 Å². The van der Waals surface area contributed by atoms with Crippen LogP contribution in [0.2, 0.25) is 0 Å². The number of aromatic nitrogens is 1. The molecule has 2 aromatic rings. The maximum absolute atomic E-state index is 12.9. The number of pyridine rings is 1. The van der Waals surface area contributed by atoms with E-state index >= 15 is 0 Å². The summed E-state index contributed by atoms with van der Waals surface area (Å²) in [5, 5.41) is 2.63. The predicted octanol–water partition coefficient (Wildman–Crippen LogP) is 1.18. The van der Waals surface area contributed by atoms with E-state index in [0.717, 1.165) is 0 Å². The molecular formula is C15H15FN2O3. The molecule has 0 bridgehead atoms. The van der Waals surface area contributed by atoms with Gasteiger partial charge in [0.05, 0.1) is 6.54 Å². The van der Waals surface area contributed by atoms with E-state index in [2.05, 4.69) is 5.32 Å². The molecule has 0 aliphatic rings. The number of amides is 1. The van der Waals surface area contributed by atoms with Gasteiger partial charge in [-0.1, -0.05) is 12.1 Å². The van der Waals surface area contributed by atoms with Crippen molar-refractivity contribution >= 4 is 5.91 Å². The normalized spacial score (nSPS) is 10.1. The fourth-order valence-corrected chi connectivity index (χ4v) is 1.72. The molecule has 0 aliphatic carbocycles. The number of ether oxygens (including phenoxy) is 1. The van der Waals surface area contributed by atoms with E-state index in [4.69, 9.17) is 4.74 Å². The lowest BCUT2D eigenvalue weighted by Gasteiger charge is -2.08. The van der Waals surface area contributed by atoms with Crippen LogP contribution in [0.1, 0.15) is 0 Å². The van der Waals surface area contributed by atoms with Crippen molar-refractivity contribution in [3.8, 4) is 5.75 Å². The van der Waals surface area contributed by atoms with Gasteiger partial charge in [-0.3, -0.25) is 9.59 Å². The molecule has 110 valence electrons. The van der Waals surface area contributed by atoms with Crippen molar-refractivity contribution in [2.24, 2.45) is 0 Å². The van der Waals surface area contributed by atoms with Gasteiger partial charge in [0.2, 0.25) is 5.91 Å². The van der Waals surface area contributed by atoms with E-state index in [0.29, 0.717) is 5.75 Å². The van der Waals surface area contributed by atoms with Gasteiger partial charge >= 0.3 is 0 Å². The van der Waals surface area contributed by atoms with Crippen LogP contribution in [0.15, 0.2) is 53.5 Å². The maximum atomic E-state index is 12.9. The van der Waals surface area contributed by atoms with Crippen molar-refractivity contribution in [3.63, 3.8) is 0 Å². The third-order valence-corrected chi connectivity index (χ3v) is 2.70. The molecule has 5 nitrogen and oxygen atoms in total. The minimum Gasteiger partial charge on any atom is -0.492 e. The topological polar surface area (TPSA) is 60.3 Å². The SMILES string of the molecule is O=C(Cn1ccccc1=O)NCCOc1cccc(F)c1. The fraction of sp³-hybridized carbons (Fsp3) is 0.200. The summed E-state index contributed by atoms with van der Waals surface area (Å²) in [5.74, 6) is -0.255. The predicted molar refractivity (Wildman–Crippen MR) is 75.6 cm³/mol. The molecule has 1 amide bonds. The van der Waals surface area contributed by atoms with Crippen molar-refractivity contribution in [2.75, 3.05) is 13.2 Å². The quantitative estimate of drug-likeness (QED) is 0.813. The summed E-state index contributed by atoms with van der Waals surface area (Å²) in [5.41, 5.74) is -0.233. The van der Waals surface area contributed by atoms with E-state index in [-0.39, 0.29) is 37.0 Å². The average Bonchev–Trinajstić information content (AvgIpc) is 2.46. The number of benzene rings is 1. The second-order valence-corrected chi connectivity index (χ2v) is 4.32. The first kappa shape index (κ1) is 14.8. The van der Waals surface area contributed by atoms with Crippen LogP contribution in [0.3, 0.4) is 0 Å². The van der Waals surface area contributed by atoms with Crippen LogP contribution in [0, 0.1) is 5.82 Å². The number of carbonyl (C=O) groups excluding carboxylic acids is 1. The molecule has 0 atom stereocenters. The van der Waals surface area contributed by atoms with Crippen LogP contribution < -0.4 is 15.6 Å². The van der Waals surface area contributed by atoms with Gasteiger partial charge in [-0.15, -0.1) is 0 Å². The van der Waals surface area contributed by atoms with Crippen LogP contribution in [-0.4, -0.2) is 23.6 Å². The second-order valence-electron chi connectivity index (χ2n) is 4.32. The van der Waals surface area contributed by atoms with Gasteiger partial charge in [0.15, 0.2) is 0 Å². The molecule has 1 heterocycles. The minimum atomic E-state index is -0.375. The molecule has 21 heavy (non-hydrogen) atoms. The Kier molecular flexibility index (Phi) is 5.09. The highest BCUT2D eigenvalue weighted by molar-refractivity contribution is 5.75. The van der Waals surface area contributed by atoms with Crippen LogP contribution in [0.25, 0.3) is 0 Å². The molecule has 0 aliphatic heterocycles. The Morgan fingerprint density at radius 1 is 1.24 bits per heavy atom. The average molecular weight is 290 g/mol. The third-order valence-electron chi connectivity index (χ3n) is 2.70. The summed E-state index contributed by atoms with van der Waals surface area (Å²) in [4.78, 5) is 23.1. The van der Waals surface area contributed by atoms with Crippen LogP contribution in [0.4, 0.5) is 4.39 Å². The Bertz CT molecular complexity index is 670. The first-order valence-electron chi connectivity index (χ1n) is 6.46. The minimum absolute atomic E-state index is 0.0420. The number of carbonyl (C=O) groups is 1. The Balaban J connectivity index is 1.72. The van der Waals surface area contributed by atoms with E-state index in [1.165, 1.54) is 22.8 Å². The molecule has 0 unspecified atom stereocenters. The second kappa shape index (κ2) is 7.23. The lowest BCUT2D eigenvalue weighted by Crippen LogP contribution is -2.34. The smallest absolute Gasteiger partial charge is 0.250 e. The molecule has 2 rings (SSSR count). The highest BCUT2D eigenvalue weighted by atomic mass is 19.1. The van der Waals surface area contributed by atoms with E-state index in [1.54, 1.807) is 30.5 Å². The molecule has 0 saturated carbocycles. The zero-order valence-electron chi connectivity index (χ0n) is 11.3. The van der Waals surface area contributed by atoms with Gasteiger partial charge in [0, 0.05) is 18.3 Å². The first-order valence-corrected chi connectivity index (χ1v) is 6.46. The maximum Gasteiger partial charge on any atom is 0.250 e. The molecule has 0 spiro atoms. The molecule has 1 aromatic carbocycles. The number of nitrogens with zero attached hydrogens (tertiary/aromatic N) is 1. The molecule has 0 saturated heterocycles. The van der Waals surface area contributed by atoms with E-state index in [9.17, 15) is 14.0 Å². The lowest BCUT2D eigenvalue weighted by molar-refractivity contribution is -0.121. The summed E-state index contributed by atoms with van der Waals surface area (Å²) in [7, 11) is 0. The largest absolute Gasteiger partial charge is 0.492 e. The molecule has 1 aromatic heterocycles. The van der Waals surface area contributed by atoms with Gasteiger partial charge < -0.3 is 14.6 Å². The van der Waals surface area contributed by atoms with Gasteiger partial charge in [-0.05, 0) is 18.2 Å². The van der Waals surface area contributed by atoms with Gasteiger partial charge in [-0.25, -0.2) is 4.39 Å². The zero-order valence-corrected chi connectivity index (χ0v) is 11.3. The molecule has 0 radical (unpaired) electrons. The number of nitrogens with one attached hydrogen (secondary N) is 1. The summed E-state index contributed by atoms with van der Waals surface area (Å²) >= 11 is 0. The fourth-order valence-electron chi connectivity index (χ4n) is 1.72. The Morgan fingerprint density at radius 2 is 2.10 bits per heavy atom.